The molecule has 0 atom stereocenters. The summed E-state index contributed by atoms with van der Waals surface area (Å²) in [5.41, 5.74) is 2.47. The Morgan fingerprint density at radius 1 is 1.11 bits per heavy atom. The van der Waals surface area contributed by atoms with Crippen molar-refractivity contribution in [3.63, 3.8) is 0 Å². The van der Waals surface area contributed by atoms with Crippen LogP contribution in [0.3, 0.4) is 0 Å². The van der Waals surface area contributed by atoms with E-state index in [9.17, 15) is 0 Å². The number of aromatic nitrogens is 2. The van der Waals surface area contributed by atoms with Gasteiger partial charge in [-0.05, 0) is 43.5 Å². The van der Waals surface area contributed by atoms with Crippen molar-refractivity contribution in [3.05, 3.63) is 42.5 Å². The molecule has 1 aliphatic heterocycles. The molecule has 0 saturated carbocycles. The van der Waals surface area contributed by atoms with Gasteiger partial charge in [0.2, 0.25) is 0 Å². The van der Waals surface area contributed by atoms with E-state index in [1.807, 2.05) is 6.20 Å². The van der Waals surface area contributed by atoms with Crippen LogP contribution in [0.25, 0.3) is 0 Å². The predicted molar refractivity (Wildman–Crippen MR) is 78.4 cm³/mol. The Kier molecular flexibility index (Phi) is 3.68. The van der Waals surface area contributed by atoms with E-state index in [1.54, 1.807) is 6.20 Å². The van der Waals surface area contributed by atoms with Crippen molar-refractivity contribution in [2.75, 3.05) is 23.3 Å². The first-order chi connectivity index (χ1) is 9.42. The minimum absolute atomic E-state index is 0.732. The molecular formula is C15H20N4. The molecule has 1 fully saturated rings. The molecule has 1 aromatic carbocycles. The van der Waals surface area contributed by atoms with Crippen molar-refractivity contribution in [2.45, 2.75) is 25.8 Å². The number of nitrogens with one attached hydrogen (secondary N) is 2. The molecule has 0 aliphatic carbocycles. The van der Waals surface area contributed by atoms with Gasteiger partial charge in [0, 0.05) is 36.9 Å². The van der Waals surface area contributed by atoms with Crippen molar-refractivity contribution >= 4 is 11.4 Å². The molecule has 4 heteroatoms. The summed E-state index contributed by atoms with van der Waals surface area (Å²) in [6.45, 7) is 3.12. The second-order valence-corrected chi connectivity index (χ2v) is 4.98. The Hall–Kier alpha value is -1.97. The Balaban J connectivity index is 1.58. The topological polar surface area (TPSA) is 44.0 Å². The molecule has 1 aromatic heterocycles. The standard InChI is InChI=1S/C15H20N4/c1-2-10-19(11-3-1)14-6-4-13(5-7-14)18-12-15-16-8-9-17-15/h4-9,18H,1-3,10-12H2,(H,16,17). The lowest BCUT2D eigenvalue weighted by atomic mass is 10.1. The predicted octanol–water partition coefficient (Wildman–Crippen LogP) is 3.01. The highest BCUT2D eigenvalue weighted by atomic mass is 15.1. The number of aromatic amines is 1. The van der Waals surface area contributed by atoms with Crippen LogP contribution in [-0.2, 0) is 6.54 Å². The van der Waals surface area contributed by atoms with Gasteiger partial charge in [-0.25, -0.2) is 4.98 Å². The molecule has 2 aromatic rings. The van der Waals surface area contributed by atoms with Gasteiger partial charge in [-0.1, -0.05) is 0 Å². The number of benzene rings is 1. The van der Waals surface area contributed by atoms with Crippen molar-refractivity contribution in [3.8, 4) is 0 Å². The van der Waals surface area contributed by atoms with E-state index >= 15 is 0 Å². The van der Waals surface area contributed by atoms with Crippen molar-refractivity contribution < 1.29 is 0 Å². The normalized spacial score (nSPS) is 15.5. The summed E-state index contributed by atoms with van der Waals surface area (Å²) in [5, 5.41) is 3.36. The second-order valence-electron chi connectivity index (χ2n) is 4.98. The summed E-state index contributed by atoms with van der Waals surface area (Å²) >= 11 is 0. The molecule has 1 aliphatic rings. The van der Waals surface area contributed by atoms with E-state index in [1.165, 1.54) is 38.0 Å². The zero-order chi connectivity index (χ0) is 12.9. The van der Waals surface area contributed by atoms with Gasteiger partial charge in [-0.2, -0.15) is 0 Å². The van der Waals surface area contributed by atoms with Gasteiger partial charge in [0.15, 0.2) is 0 Å². The maximum Gasteiger partial charge on any atom is 0.125 e. The van der Waals surface area contributed by atoms with Gasteiger partial charge >= 0.3 is 0 Å². The van der Waals surface area contributed by atoms with E-state index in [2.05, 4.69) is 44.5 Å². The van der Waals surface area contributed by atoms with Gasteiger partial charge < -0.3 is 15.2 Å². The highest BCUT2D eigenvalue weighted by Gasteiger charge is 2.10. The second kappa shape index (κ2) is 5.78. The van der Waals surface area contributed by atoms with Gasteiger partial charge in [0.05, 0.1) is 6.54 Å². The van der Waals surface area contributed by atoms with E-state index in [-0.39, 0.29) is 0 Å². The molecule has 2 heterocycles. The van der Waals surface area contributed by atoms with E-state index in [0.717, 1.165) is 18.1 Å². The molecule has 2 N–H and O–H groups in total. The lowest BCUT2D eigenvalue weighted by molar-refractivity contribution is 0.578. The highest BCUT2D eigenvalue weighted by molar-refractivity contribution is 5.55. The van der Waals surface area contributed by atoms with Gasteiger partial charge in [-0.15, -0.1) is 0 Å². The summed E-state index contributed by atoms with van der Waals surface area (Å²) in [7, 11) is 0. The zero-order valence-electron chi connectivity index (χ0n) is 11.1. The largest absolute Gasteiger partial charge is 0.378 e. The maximum atomic E-state index is 4.20. The summed E-state index contributed by atoms with van der Waals surface area (Å²) in [4.78, 5) is 9.76. The molecule has 0 unspecified atom stereocenters. The van der Waals surface area contributed by atoms with Crippen molar-refractivity contribution in [2.24, 2.45) is 0 Å². The van der Waals surface area contributed by atoms with Crippen LogP contribution in [0.15, 0.2) is 36.7 Å². The van der Waals surface area contributed by atoms with Crippen LogP contribution in [-0.4, -0.2) is 23.1 Å². The lowest BCUT2D eigenvalue weighted by Crippen LogP contribution is -2.29. The zero-order valence-corrected chi connectivity index (χ0v) is 11.1. The third-order valence-corrected chi connectivity index (χ3v) is 3.60. The number of imidazole rings is 1. The number of anilines is 2. The van der Waals surface area contributed by atoms with Crippen LogP contribution >= 0.6 is 0 Å². The van der Waals surface area contributed by atoms with Crippen LogP contribution in [0.2, 0.25) is 0 Å². The molecule has 0 spiro atoms. The lowest BCUT2D eigenvalue weighted by Gasteiger charge is -2.28. The number of hydrogen-bond donors (Lipinski definition) is 2. The summed E-state index contributed by atoms with van der Waals surface area (Å²) in [5.74, 6) is 0.958. The van der Waals surface area contributed by atoms with Crippen molar-refractivity contribution in [1.29, 1.82) is 0 Å². The minimum Gasteiger partial charge on any atom is -0.378 e. The van der Waals surface area contributed by atoms with Crippen molar-refractivity contribution in [1.82, 2.24) is 9.97 Å². The molecule has 4 nitrogen and oxygen atoms in total. The molecule has 19 heavy (non-hydrogen) atoms. The van der Waals surface area contributed by atoms with Crippen LogP contribution in [0.1, 0.15) is 25.1 Å². The molecule has 0 bridgehead atoms. The summed E-state index contributed by atoms with van der Waals surface area (Å²) < 4.78 is 0. The summed E-state index contributed by atoms with van der Waals surface area (Å²) in [6.07, 6.45) is 7.63. The first-order valence-electron chi connectivity index (χ1n) is 6.99. The Morgan fingerprint density at radius 3 is 2.58 bits per heavy atom. The molecular weight excluding hydrogens is 236 g/mol. The number of H-pyrrole nitrogens is 1. The highest BCUT2D eigenvalue weighted by Crippen LogP contribution is 2.21. The van der Waals surface area contributed by atoms with Crippen LogP contribution in [0.4, 0.5) is 11.4 Å². The number of rotatable bonds is 4. The average molecular weight is 256 g/mol. The SMILES string of the molecule is c1c[nH]c(CNc2ccc(N3CCCCC3)cc2)n1. The quantitative estimate of drug-likeness (QED) is 0.883. The molecule has 0 amide bonds. The van der Waals surface area contributed by atoms with Crippen LogP contribution in [0.5, 0.6) is 0 Å². The smallest absolute Gasteiger partial charge is 0.125 e. The number of hydrogen-bond acceptors (Lipinski definition) is 3. The first kappa shape index (κ1) is 12.1. The van der Waals surface area contributed by atoms with Gasteiger partial charge in [0.25, 0.3) is 0 Å². The maximum absolute atomic E-state index is 4.20. The Bertz CT molecular complexity index is 483. The third-order valence-electron chi connectivity index (χ3n) is 3.60. The molecule has 100 valence electrons. The summed E-state index contributed by atoms with van der Waals surface area (Å²) in [6, 6.07) is 8.70. The fraction of sp³-hybridized carbons (Fsp3) is 0.400. The average Bonchev–Trinajstić information content (AvgIpc) is 3.00. The number of nitrogens with zero attached hydrogens (tertiary/aromatic N) is 2. The first-order valence-corrected chi connectivity index (χ1v) is 6.99. The third kappa shape index (κ3) is 3.08. The van der Waals surface area contributed by atoms with E-state index in [4.69, 9.17) is 0 Å². The van der Waals surface area contributed by atoms with Crippen LogP contribution in [0, 0.1) is 0 Å². The van der Waals surface area contributed by atoms with E-state index < -0.39 is 0 Å². The molecule has 1 saturated heterocycles. The van der Waals surface area contributed by atoms with Crippen LogP contribution < -0.4 is 10.2 Å². The molecule has 0 radical (unpaired) electrons. The number of piperidine rings is 1. The Morgan fingerprint density at radius 2 is 1.89 bits per heavy atom. The Labute approximate surface area is 113 Å². The monoisotopic (exact) mass is 256 g/mol. The fourth-order valence-electron chi connectivity index (χ4n) is 2.52. The van der Waals surface area contributed by atoms with E-state index in [0.29, 0.717) is 0 Å². The fourth-order valence-corrected chi connectivity index (χ4v) is 2.52. The van der Waals surface area contributed by atoms with Gasteiger partial charge in [0.1, 0.15) is 5.82 Å². The minimum atomic E-state index is 0.732. The van der Waals surface area contributed by atoms with Gasteiger partial charge in [-0.3, -0.25) is 0 Å². The molecule has 3 rings (SSSR count).